The minimum absolute atomic E-state index is 0.138. The monoisotopic (exact) mass is 989 g/mol. The molecule has 18 heteroatoms. The Hall–Kier alpha value is -7.10. The molecule has 0 spiro atoms. The number of piperazine rings is 2. The molecule has 7 aliphatic rings. The molecule has 380 valence electrons. The SMILES string of the molecule is COc1ccc(CN2[C@@H]3C[C@H]2CN(c2ccc(-c4cc(OCC5CCN(C(=O)CCCCCCN6CCN(c7ccc8c(c7)C(=O)N(C7CCC(=O)NC7=O)C8)CC6)CC5)cn5ncc(C#N)c45)cn2)C3)cn1. The molecule has 5 aromatic rings. The fourth-order valence-corrected chi connectivity index (χ4v) is 11.8. The van der Waals surface area contributed by atoms with Gasteiger partial charge in [-0.15, -0.1) is 0 Å². The lowest BCUT2D eigenvalue weighted by Gasteiger charge is -2.56. The van der Waals surface area contributed by atoms with Crippen molar-refractivity contribution in [3.63, 3.8) is 0 Å². The van der Waals surface area contributed by atoms with E-state index in [1.165, 1.54) is 12.0 Å². The van der Waals surface area contributed by atoms with Crippen LogP contribution in [0.1, 0.15) is 91.3 Å². The van der Waals surface area contributed by atoms with E-state index in [9.17, 15) is 24.4 Å². The Morgan fingerprint density at radius 3 is 2.41 bits per heavy atom. The largest absolute Gasteiger partial charge is 0.492 e. The lowest BCUT2D eigenvalue weighted by molar-refractivity contribution is -0.137. The van der Waals surface area contributed by atoms with Crippen LogP contribution in [0.5, 0.6) is 11.6 Å². The number of nitrogens with one attached hydrogen (secondary N) is 1. The fourth-order valence-electron chi connectivity index (χ4n) is 11.8. The molecule has 1 aromatic carbocycles. The molecule has 0 radical (unpaired) electrons. The van der Waals surface area contributed by atoms with Crippen molar-refractivity contribution in [2.24, 2.45) is 5.92 Å². The average molecular weight is 989 g/mol. The number of piperidine rings is 3. The van der Waals surface area contributed by atoms with Crippen LogP contribution in [0.15, 0.2) is 73.3 Å². The van der Waals surface area contributed by atoms with Gasteiger partial charge in [0, 0.05) is 131 Å². The number of carbonyl (C=O) groups is 4. The minimum atomic E-state index is -0.605. The average Bonchev–Trinajstić information content (AvgIpc) is 4.00. The lowest BCUT2D eigenvalue weighted by atomic mass is 9.87. The number of fused-ring (bicyclic) bond motifs is 4. The summed E-state index contributed by atoms with van der Waals surface area (Å²) in [5, 5.41) is 16.9. The molecular formula is C55H64N12O6. The van der Waals surface area contributed by atoms with Gasteiger partial charge in [0.2, 0.25) is 23.6 Å². The van der Waals surface area contributed by atoms with E-state index >= 15 is 0 Å². The number of benzene rings is 1. The standard InChI is InChI=1S/C55H64N12O6/c1-72-51-14-7-38(28-58-51)31-65-43-24-44(65)34-64(33-43)49-12-9-39(29-57-49)46-26-45(35-67-53(46)41(27-56)30-59-67)73-36-37-15-18-63(19-16-37)52(69)6-4-2-3-5-17-61-20-22-62(23-21-61)42-10-8-40-32-66(55(71)47(40)25-42)48-11-13-50(68)60-54(48)70/h7-10,12,14,25-26,28-30,35,37,43-44,48H,2-6,11,13,15-24,31-34,36H2,1H3,(H,60,68,70)/t43-,44+,48?. The van der Waals surface area contributed by atoms with Crippen LogP contribution >= 0.6 is 0 Å². The third kappa shape index (κ3) is 10.3. The zero-order valence-corrected chi connectivity index (χ0v) is 41.7. The molecule has 6 fully saturated rings. The summed E-state index contributed by atoms with van der Waals surface area (Å²) in [4.78, 5) is 73.4. The molecule has 12 rings (SSSR count). The predicted octanol–water partition coefficient (Wildman–Crippen LogP) is 5.29. The van der Waals surface area contributed by atoms with Crippen LogP contribution in [0.2, 0.25) is 0 Å². The molecule has 0 aliphatic carbocycles. The number of unbranched alkanes of at least 4 members (excludes halogenated alkanes) is 3. The third-order valence-electron chi connectivity index (χ3n) is 16.1. The van der Waals surface area contributed by atoms with E-state index in [2.05, 4.69) is 65.3 Å². The van der Waals surface area contributed by atoms with Crippen LogP contribution in [-0.2, 0) is 27.5 Å². The van der Waals surface area contributed by atoms with E-state index in [0.717, 1.165) is 138 Å². The summed E-state index contributed by atoms with van der Waals surface area (Å²) in [6.45, 7) is 9.83. The number of rotatable bonds is 17. The Morgan fingerprint density at radius 2 is 1.67 bits per heavy atom. The Kier molecular flexibility index (Phi) is 14.0. The first-order chi connectivity index (χ1) is 35.7. The van der Waals surface area contributed by atoms with E-state index < -0.39 is 6.04 Å². The number of methoxy groups -OCH3 is 1. The molecular weight excluding hydrogens is 925 g/mol. The number of hydrogen-bond acceptors (Lipinski definition) is 14. The van der Waals surface area contributed by atoms with Crippen molar-refractivity contribution in [1.82, 2.24) is 44.5 Å². The van der Waals surface area contributed by atoms with Gasteiger partial charge < -0.3 is 29.1 Å². The molecule has 7 aliphatic heterocycles. The molecule has 1 N–H and O–H groups in total. The first-order valence-corrected chi connectivity index (χ1v) is 26.2. The van der Waals surface area contributed by atoms with Gasteiger partial charge in [-0.3, -0.25) is 34.3 Å². The summed E-state index contributed by atoms with van der Waals surface area (Å²) in [6, 6.07) is 18.9. The van der Waals surface area contributed by atoms with Gasteiger partial charge in [-0.05, 0) is 92.4 Å². The van der Waals surface area contributed by atoms with Crippen LogP contribution in [0.4, 0.5) is 11.5 Å². The second-order valence-corrected chi connectivity index (χ2v) is 20.7. The highest BCUT2D eigenvalue weighted by atomic mass is 16.5. The van der Waals surface area contributed by atoms with Crippen molar-refractivity contribution in [3.8, 4) is 28.8 Å². The number of hydrogen-bond donors (Lipinski definition) is 1. The van der Waals surface area contributed by atoms with Crippen LogP contribution in [-0.4, -0.2) is 154 Å². The minimum Gasteiger partial charge on any atom is -0.492 e. The first-order valence-electron chi connectivity index (χ1n) is 26.2. The Morgan fingerprint density at radius 1 is 0.849 bits per heavy atom. The molecule has 0 saturated carbocycles. The molecule has 18 nitrogen and oxygen atoms in total. The molecule has 4 amide bonds. The number of aromatic nitrogens is 4. The molecule has 6 saturated heterocycles. The zero-order valence-electron chi connectivity index (χ0n) is 41.7. The lowest BCUT2D eigenvalue weighted by Crippen LogP contribution is -2.68. The van der Waals surface area contributed by atoms with E-state index in [4.69, 9.17) is 14.5 Å². The van der Waals surface area contributed by atoms with Crippen molar-refractivity contribution >= 4 is 40.7 Å². The topological polar surface area (TPSA) is 185 Å². The molecule has 73 heavy (non-hydrogen) atoms. The van der Waals surface area contributed by atoms with Gasteiger partial charge in [0.15, 0.2) is 0 Å². The van der Waals surface area contributed by atoms with E-state index in [0.29, 0.717) is 66.8 Å². The van der Waals surface area contributed by atoms with Gasteiger partial charge in [-0.2, -0.15) is 10.4 Å². The van der Waals surface area contributed by atoms with Crippen LogP contribution in [0.25, 0.3) is 16.6 Å². The molecule has 1 unspecified atom stereocenters. The summed E-state index contributed by atoms with van der Waals surface area (Å²) < 4.78 is 13.4. The van der Waals surface area contributed by atoms with Crippen molar-refractivity contribution in [3.05, 3.63) is 95.6 Å². The first kappa shape index (κ1) is 48.2. The van der Waals surface area contributed by atoms with Crippen LogP contribution in [0.3, 0.4) is 0 Å². The van der Waals surface area contributed by atoms with Gasteiger partial charge >= 0.3 is 0 Å². The van der Waals surface area contributed by atoms with Gasteiger partial charge in [0.25, 0.3) is 5.91 Å². The number of carbonyl (C=O) groups excluding carboxylic acids is 4. The second-order valence-electron chi connectivity index (χ2n) is 20.7. The van der Waals surface area contributed by atoms with Gasteiger partial charge in [0.05, 0.1) is 37.2 Å². The van der Waals surface area contributed by atoms with E-state index in [-0.39, 0.29) is 30.0 Å². The van der Waals surface area contributed by atoms with Gasteiger partial charge in [-0.1, -0.05) is 25.0 Å². The number of imide groups is 1. The number of nitrogens with zero attached hydrogens (tertiary/aromatic N) is 11. The van der Waals surface area contributed by atoms with Gasteiger partial charge in [0.1, 0.15) is 23.7 Å². The quantitative estimate of drug-likeness (QED) is 0.0937. The normalized spacial score (nSPS) is 21.5. The highest BCUT2D eigenvalue weighted by Crippen LogP contribution is 2.37. The second kappa shape index (κ2) is 21.2. The fraction of sp³-hybridized carbons (Fsp3) is 0.491. The highest BCUT2D eigenvalue weighted by molar-refractivity contribution is 6.05. The summed E-state index contributed by atoms with van der Waals surface area (Å²) in [7, 11) is 1.63. The Balaban J connectivity index is 0.587. The van der Waals surface area contributed by atoms with E-state index in [1.54, 1.807) is 22.7 Å². The maximum Gasteiger partial charge on any atom is 0.255 e. The Bertz CT molecular complexity index is 2870. The number of amides is 4. The summed E-state index contributed by atoms with van der Waals surface area (Å²) in [6.07, 6.45) is 15.5. The number of pyridine rings is 3. The van der Waals surface area contributed by atoms with Crippen molar-refractivity contribution in [2.45, 2.75) is 95.4 Å². The number of anilines is 2. The van der Waals surface area contributed by atoms with Crippen LogP contribution < -0.4 is 24.6 Å². The molecule has 3 atom stereocenters. The molecule has 11 heterocycles. The van der Waals surface area contributed by atoms with Crippen molar-refractivity contribution in [1.29, 1.82) is 5.26 Å². The Labute approximate surface area is 425 Å². The van der Waals surface area contributed by atoms with Crippen molar-refractivity contribution < 1.29 is 28.7 Å². The molecule has 4 aromatic heterocycles. The smallest absolute Gasteiger partial charge is 0.255 e. The molecule has 2 bridgehead atoms. The van der Waals surface area contributed by atoms with Gasteiger partial charge in [-0.25, -0.2) is 14.5 Å². The number of nitriles is 1. The number of ether oxygens (including phenoxy) is 2. The highest BCUT2D eigenvalue weighted by Gasteiger charge is 2.45. The maximum absolute atomic E-state index is 13.3. The maximum atomic E-state index is 13.3. The zero-order chi connectivity index (χ0) is 50.0. The third-order valence-corrected chi connectivity index (χ3v) is 16.1. The van der Waals surface area contributed by atoms with Crippen LogP contribution in [0, 0.1) is 17.2 Å². The number of likely N-dealkylation sites (tertiary alicyclic amines) is 1. The van der Waals surface area contributed by atoms with Crippen molar-refractivity contribution in [2.75, 3.05) is 82.4 Å². The summed E-state index contributed by atoms with van der Waals surface area (Å²) in [5.41, 5.74) is 6.76. The predicted molar refractivity (Wildman–Crippen MR) is 273 cm³/mol. The summed E-state index contributed by atoms with van der Waals surface area (Å²) >= 11 is 0. The summed E-state index contributed by atoms with van der Waals surface area (Å²) in [5.74, 6) is 2.02. The van der Waals surface area contributed by atoms with E-state index in [1.807, 2.05) is 47.8 Å².